The Kier molecular flexibility index (Phi) is 11.1. The molecule has 3 heterocycles. The molecule has 0 radical (unpaired) electrons. The Balaban J connectivity index is 1.89. The maximum atomic E-state index is 12.6. The highest BCUT2D eigenvalue weighted by Gasteiger charge is 2.40. The number of aromatic nitrogens is 3. The predicted molar refractivity (Wildman–Crippen MR) is 138 cm³/mol. The topological polar surface area (TPSA) is 289 Å². The second-order valence-electron chi connectivity index (χ2n) is 7.80. The minimum atomic E-state index is -6.08. The fourth-order valence-corrected chi connectivity index (χ4v) is 7.96. The standard InChI is InChI=1S/C17H26N5O13P3S2/c1-9(40-39-2)32-11-6-13(22-7-10(4-3-5-18)14-15(22)20-17(19)21-16(14)23)33-12(11)8-31-37(27,28)35-38(29,30)34-36(24,25)26/h7,9,11-13H,5-6,8,18H2,1-2H3,(H,27,28)(H,29,30)(H2,24,25,26)(H3,19,20,21,23)/p-3/t9-,11-,12-,13-/m1/s1. The Hall–Kier alpha value is -1.23. The number of hydrogen-bond donors (Lipinski definition) is 4. The number of phosphoric ester groups is 1. The van der Waals surface area contributed by atoms with Crippen LogP contribution in [0.5, 0.6) is 0 Å². The van der Waals surface area contributed by atoms with E-state index in [1.807, 2.05) is 6.26 Å². The van der Waals surface area contributed by atoms with Crippen LogP contribution in [0.4, 0.5) is 5.95 Å². The molecule has 0 saturated carbocycles. The first-order chi connectivity index (χ1) is 18.5. The SMILES string of the molecule is CSS[C@H](C)O[C@@H]1C[C@H](n2cc(C#CCN)c3c(=O)[nH]c(N)nc32)O[C@@H]1COP(=O)([O-])OP(=O)([O-])OP(=O)([O-])O. The number of hydrogen-bond acceptors (Lipinski definition) is 17. The molecular weight excluding hydrogens is 639 g/mol. The van der Waals surface area contributed by atoms with Crippen LogP contribution in [0.2, 0.25) is 0 Å². The summed E-state index contributed by atoms with van der Waals surface area (Å²) in [6, 6.07) is 0. The number of aromatic amines is 1. The molecule has 2 aromatic heterocycles. The number of rotatable bonds is 12. The number of H-pyrrole nitrogens is 1. The number of nitrogens with one attached hydrogen (secondary N) is 1. The number of phosphoric acid groups is 3. The van der Waals surface area contributed by atoms with Crippen LogP contribution < -0.4 is 31.7 Å². The van der Waals surface area contributed by atoms with E-state index < -0.39 is 59.5 Å². The van der Waals surface area contributed by atoms with E-state index in [2.05, 4.69) is 35.0 Å². The highest BCUT2D eigenvalue weighted by Crippen LogP contribution is 2.61. The van der Waals surface area contributed by atoms with E-state index in [0.717, 1.165) is 0 Å². The van der Waals surface area contributed by atoms with Crippen molar-refractivity contribution in [1.82, 2.24) is 14.5 Å². The highest BCUT2D eigenvalue weighted by atomic mass is 33.1. The van der Waals surface area contributed by atoms with E-state index in [9.17, 15) is 33.2 Å². The molecule has 0 aliphatic carbocycles. The first kappa shape index (κ1) is 33.3. The van der Waals surface area contributed by atoms with Gasteiger partial charge in [-0.15, -0.1) is 0 Å². The van der Waals surface area contributed by atoms with Gasteiger partial charge in [-0.05, 0) is 13.2 Å². The molecule has 1 saturated heterocycles. The molecular formula is C17H23N5O13P3S2-3. The molecule has 0 spiro atoms. The summed E-state index contributed by atoms with van der Waals surface area (Å²) in [7, 11) is -15.0. The quantitative estimate of drug-likeness (QED) is 0.0926. The Morgan fingerprint density at radius 2 is 2.02 bits per heavy atom. The average Bonchev–Trinajstić information content (AvgIpc) is 3.35. The summed E-state index contributed by atoms with van der Waals surface area (Å²) in [6.07, 6.45) is 0.437. The zero-order chi connectivity index (χ0) is 29.9. The third-order valence-electron chi connectivity index (χ3n) is 4.91. The predicted octanol–water partition coefficient (Wildman–Crippen LogP) is -0.906. The molecule has 6 N–H and O–H groups in total. The number of fused-ring (bicyclic) bond motifs is 1. The Bertz CT molecular complexity index is 1490. The van der Waals surface area contributed by atoms with Crippen molar-refractivity contribution < 1.29 is 55.9 Å². The molecule has 1 aliphatic heterocycles. The largest absolute Gasteiger partial charge is 0.756 e. The van der Waals surface area contributed by atoms with E-state index in [1.54, 1.807) is 6.92 Å². The van der Waals surface area contributed by atoms with Gasteiger partial charge in [-0.25, -0.2) is 8.62 Å². The second kappa shape index (κ2) is 13.4. The van der Waals surface area contributed by atoms with Gasteiger partial charge < -0.3 is 49.6 Å². The fourth-order valence-electron chi connectivity index (χ4n) is 3.65. The fraction of sp³-hybridized carbons (Fsp3) is 0.529. The number of nitrogens with two attached hydrogens (primary N) is 2. The van der Waals surface area contributed by atoms with Gasteiger partial charge in [-0.1, -0.05) is 33.4 Å². The zero-order valence-electron chi connectivity index (χ0n) is 20.6. The summed E-state index contributed by atoms with van der Waals surface area (Å²) >= 11 is 0. The van der Waals surface area contributed by atoms with Gasteiger partial charge in [0, 0.05) is 12.6 Å². The van der Waals surface area contributed by atoms with Gasteiger partial charge in [-0.2, -0.15) is 4.98 Å². The smallest absolute Gasteiger partial charge is 0.280 e. The first-order valence-electron chi connectivity index (χ1n) is 10.9. The molecule has 3 rings (SSSR count). The van der Waals surface area contributed by atoms with E-state index in [0.29, 0.717) is 0 Å². The monoisotopic (exact) mass is 662 g/mol. The lowest BCUT2D eigenvalue weighted by atomic mass is 10.2. The summed E-state index contributed by atoms with van der Waals surface area (Å²) < 4.78 is 59.1. The van der Waals surface area contributed by atoms with Gasteiger partial charge in [-0.3, -0.25) is 23.5 Å². The van der Waals surface area contributed by atoms with Gasteiger partial charge >= 0.3 is 0 Å². The highest BCUT2D eigenvalue weighted by molar-refractivity contribution is 8.76. The normalized spacial score (nSPS) is 24.5. The van der Waals surface area contributed by atoms with E-state index in [1.165, 1.54) is 32.4 Å². The van der Waals surface area contributed by atoms with Crippen LogP contribution in [0.3, 0.4) is 0 Å². The van der Waals surface area contributed by atoms with Crippen molar-refractivity contribution in [3.63, 3.8) is 0 Å². The third-order valence-corrected chi connectivity index (χ3v) is 10.6. The molecule has 0 amide bonds. The van der Waals surface area contributed by atoms with Crippen molar-refractivity contribution >= 4 is 62.0 Å². The van der Waals surface area contributed by atoms with Crippen molar-refractivity contribution in [2.75, 3.05) is 25.1 Å². The molecule has 1 aliphatic rings. The van der Waals surface area contributed by atoms with Crippen LogP contribution in [0.1, 0.15) is 25.1 Å². The maximum Gasteiger partial charge on any atom is 0.280 e. The summed E-state index contributed by atoms with van der Waals surface area (Å²) in [5.74, 6) is 5.22. The molecule has 7 atom stereocenters. The van der Waals surface area contributed by atoms with Crippen molar-refractivity contribution in [1.29, 1.82) is 0 Å². The molecule has 0 bridgehead atoms. The molecule has 0 aromatic carbocycles. The lowest BCUT2D eigenvalue weighted by Crippen LogP contribution is -2.31. The second-order valence-corrected chi connectivity index (χ2v) is 14.9. The Morgan fingerprint density at radius 3 is 2.65 bits per heavy atom. The number of nitrogen functional groups attached to an aromatic ring is 1. The van der Waals surface area contributed by atoms with Crippen LogP contribution in [0, 0.1) is 11.8 Å². The van der Waals surface area contributed by atoms with E-state index >= 15 is 0 Å². The maximum absolute atomic E-state index is 12.6. The molecule has 18 nitrogen and oxygen atoms in total. The number of nitrogens with zero attached hydrogens (tertiary/aromatic N) is 2. The molecule has 224 valence electrons. The molecule has 23 heteroatoms. The summed E-state index contributed by atoms with van der Waals surface area (Å²) in [6.45, 7) is 0.890. The van der Waals surface area contributed by atoms with Crippen LogP contribution in [-0.4, -0.2) is 56.5 Å². The lowest BCUT2D eigenvalue weighted by Gasteiger charge is -2.33. The van der Waals surface area contributed by atoms with Gasteiger partial charge in [0.25, 0.3) is 29.0 Å². The van der Waals surface area contributed by atoms with Crippen LogP contribution in [0.15, 0.2) is 11.0 Å². The molecule has 40 heavy (non-hydrogen) atoms. The van der Waals surface area contributed by atoms with Crippen molar-refractivity contribution in [3.05, 3.63) is 22.1 Å². The summed E-state index contributed by atoms with van der Waals surface area (Å²) in [4.78, 5) is 61.9. The van der Waals surface area contributed by atoms with Crippen LogP contribution in [-0.2, 0) is 36.3 Å². The average molecular weight is 662 g/mol. The summed E-state index contributed by atoms with van der Waals surface area (Å²) in [5, 5.41) is 0.102. The zero-order valence-corrected chi connectivity index (χ0v) is 24.9. The van der Waals surface area contributed by atoms with Gasteiger partial charge in [0.1, 0.15) is 17.8 Å². The van der Waals surface area contributed by atoms with Crippen molar-refractivity contribution in [2.24, 2.45) is 5.73 Å². The third kappa shape index (κ3) is 9.13. The number of ether oxygens (including phenoxy) is 2. The van der Waals surface area contributed by atoms with Gasteiger partial charge in [0.15, 0.2) is 5.65 Å². The van der Waals surface area contributed by atoms with Gasteiger partial charge in [0.05, 0.1) is 30.2 Å². The van der Waals surface area contributed by atoms with E-state index in [-0.39, 0.29) is 35.5 Å². The van der Waals surface area contributed by atoms with Crippen molar-refractivity contribution in [2.45, 2.75) is 37.2 Å². The summed E-state index contributed by atoms with van der Waals surface area (Å²) in [5.41, 5.74) is 10.6. The van der Waals surface area contributed by atoms with E-state index in [4.69, 9.17) is 25.8 Å². The first-order valence-corrected chi connectivity index (χ1v) is 17.9. The Labute approximate surface area is 234 Å². The van der Waals surface area contributed by atoms with Gasteiger partial charge in [0.2, 0.25) is 5.95 Å². The molecule has 3 unspecified atom stereocenters. The van der Waals surface area contributed by atoms with Crippen molar-refractivity contribution in [3.8, 4) is 11.8 Å². The number of anilines is 1. The lowest BCUT2D eigenvalue weighted by molar-refractivity contribution is -0.250. The Morgan fingerprint density at radius 1 is 1.32 bits per heavy atom. The van der Waals surface area contributed by atoms with Crippen LogP contribution in [0.25, 0.3) is 11.0 Å². The minimum absolute atomic E-state index is 0.0105. The van der Waals surface area contributed by atoms with Crippen LogP contribution >= 0.6 is 45.1 Å². The molecule has 1 fully saturated rings. The minimum Gasteiger partial charge on any atom is -0.756 e. The molecule has 2 aromatic rings.